The number of halogens is 1. The number of hydrogen-bond acceptors (Lipinski definition) is 7. The van der Waals surface area contributed by atoms with Gasteiger partial charge in [0.05, 0.1) is 17.2 Å². The Balaban J connectivity index is 1.57. The summed E-state index contributed by atoms with van der Waals surface area (Å²) < 4.78 is 20.1. The maximum absolute atomic E-state index is 14.0. The van der Waals surface area contributed by atoms with Gasteiger partial charge in [-0.15, -0.1) is 11.3 Å². The summed E-state index contributed by atoms with van der Waals surface area (Å²) in [6.45, 7) is 3.22. The van der Waals surface area contributed by atoms with Gasteiger partial charge >= 0.3 is 5.97 Å². The minimum absolute atomic E-state index is 0.0445. The Morgan fingerprint density at radius 1 is 1.22 bits per heavy atom. The standard InChI is InChI=1S/C22H23FN4O4S/c1-11-18-20(24-10-25-21(18)32-19(11)22(29)30)27-16-8-3-13(23)9-17(16)31-15-6-4-14(5-7-15)26-12(2)28/h3,8-10,14-15H,4-7H2,1-2H3,(H,26,28)(H,29,30)(H,24,25,27)/t14-,15-. The summed E-state index contributed by atoms with van der Waals surface area (Å²) in [5.41, 5.74) is 1.10. The van der Waals surface area contributed by atoms with Gasteiger partial charge in [-0.3, -0.25) is 4.79 Å². The van der Waals surface area contributed by atoms with Gasteiger partial charge in [0.15, 0.2) is 0 Å². The lowest BCUT2D eigenvalue weighted by molar-refractivity contribution is -0.120. The molecule has 4 rings (SSSR count). The van der Waals surface area contributed by atoms with E-state index in [2.05, 4.69) is 20.6 Å². The molecule has 0 radical (unpaired) electrons. The number of nitrogens with zero attached hydrogens (tertiary/aromatic N) is 2. The van der Waals surface area contributed by atoms with Crippen LogP contribution in [0.25, 0.3) is 10.2 Å². The number of aromatic nitrogens is 2. The Morgan fingerprint density at radius 2 is 1.97 bits per heavy atom. The van der Waals surface area contributed by atoms with E-state index in [0.29, 0.717) is 33.0 Å². The van der Waals surface area contributed by atoms with Crippen LogP contribution in [0.15, 0.2) is 24.5 Å². The first kappa shape index (κ1) is 21.9. The van der Waals surface area contributed by atoms with Crippen molar-refractivity contribution in [3.63, 3.8) is 0 Å². The van der Waals surface area contributed by atoms with Crippen molar-refractivity contribution in [1.82, 2.24) is 15.3 Å². The molecule has 3 aromatic rings. The van der Waals surface area contributed by atoms with Crippen molar-refractivity contribution in [3.05, 3.63) is 40.8 Å². The van der Waals surface area contributed by atoms with E-state index in [-0.39, 0.29) is 22.9 Å². The number of nitrogens with one attached hydrogen (secondary N) is 2. The first-order valence-electron chi connectivity index (χ1n) is 10.3. The van der Waals surface area contributed by atoms with Crippen molar-refractivity contribution in [3.8, 4) is 5.75 Å². The van der Waals surface area contributed by atoms with Crippen LogP contribution >= 0.6 is 11.3 Å². The summed E-state index contributed by atoms with van der Waals surface area (Å²) in [7, 11) is 0. The van der Waals surface area contributed by atoms with Crippen LogP contribution in [0.3, 0.4) is 0 Å². The van der Waals surface area contributed by atoms with Crippen molar-refractivity contribution in [1.29, 1.82) is 0 Å². The normalized spacial score (nSPS) is 18.3. The number of benzene rings is 1. The number of amides is 1. The number of ether oxygens (including phenoxy) is 1. The number of thiophene rings is 1. The van der Waals surface area contributed by atoms with Crippen LogP contribution in [0.1, 0.15) is 47.8 Å². The van der Waals surface area contributed by atoms with Crippen molar-refractivity contribution in [2.24, 2.45) is 0 Å². The number of hydrogen-bond donors (Lipinski definition) is 3. The van der Waals surface area contributed by atoms with Crippen LogP contribution in [-0.4, -0.2) is 39.1 Å². The quantitative estimate of drug-likeness (QED) is 0.501. The number of fused-ring (bicyclic) bond motifs is 1. The third-order valence-electron chi connectivity index (χ3n) is 5.49. The third kappa shape index (κ3) is 4.64. The summed E-state index contributed by atoms with van der Waals surface area (Å²) in [6.07, 6.45) is 4.32. The Bertz CT molecular complexity index is 1170. The number of carboxylic acid groups (broad SMARTS) is 1. The fraction of sp³-hybridized carbons (Fsp3) is 0.364. The average Bonchev–Trinajstić information content (AvgIpc) is 3.09. The molecule has 0 aliphatic heterocycles. The largest absolute Gasteiger partial charge is 0.488 e. The minimum Gasteiger partial charge on any atom is -0.488 e. The molecule has 0 spiro atoms. The highest BCUT2D eigenvalue weighted by Gasteiger charge is 2.24. The molecular weight excluding hydrogens is 435 g/mol. The molecule has 2 heterocycles. The van der Waals surface area contributed by atoms with E-state index in [1.807, 2.05) is 0 Å². The van der Waals surface area contributed by atoms with Gasteiger partial charge < -0.3 is 20.5 Å². The second-order valence-electron chi connectivity index (χ2n) is 7.82. The van der Waals surface area contributed by atoms with Crippen LogP contribution in [0.2, 0.25) is 0 Å². The molecule has 1 amide bonds. The van der Waals surface area contributed by atoms with Gasteiger partial charge in [0.25, 0.3) is 0 Å². The Hall–Kier alpha value is -3.27. The molecule has 168 valence electrons. The summed E-state index contributed by atoms with van der Waals surface area (Å²) in [4.78, 5) is 32.0. The molecule has 0 atom stereocenters. The monoisotopic (exact) mass is 458 g/mol. The summed E-state index contributed by atoms with van der Waals surface area (Å²) in [5, 5.41) is 16.1. The maximum atomic E-state index is 14.0. The van der Waals surface area contributed by atoms with Gasteiger partial charge in [0.1, 0.15) is 33.4 Å². The van der Waals surface area contributed by atoms with Crippen LogP contribution in [0.5, 0.6) is 5.75 Å². The smallest absolute Gasteiger partial charge is 0.346 e. The number of rotatable bonds is 6. The highest BCUT2D eigenvalue weighted by molar-refractivity contribution is 7.20. The van der Waals surface area contributed by atoms with Crippen molar-refractivity contribution in [2.75, 3.05) is 5.32 Å². The number of anilines is 2. The predicted molar refractivity (Wildman–Crippen MR) is 119 cm³/mol. The summed E-state index contributed by atoms with van der Waals surface area (Å²) >= 11 is 1.08. The molecule has 1 aliphatic rings. The van der Waals surface area contributed by atoms with E-state index in [1.54, 1.807) is 13.0 Å². The number of carbonyl (C=O) groups excluding carboxylic acids is 1. The Labute approximate surface area is 187 Å². The molecule has 0 bridgehead atoms. The minimum atomic E-state index is -1.02. The molecule has 8 nitrogen and oxygen atoms in total. The molecule has 1 aliphatic carbocycles. The second kappa shape index (κ2) is 9.07. The zero-order chi connectivity index (χ0) is 22.8. The number of aryl methyl sites for hydroxylation is 1. The van der Waals surface area contributed by atoms with Crippen LogP contribution < -0.4 is 15.4 Å². The first-order valence-corrected chi connectivity index (χ1v) is 11.1. The molecule has 0 unspecified atom stereocenters. The van der Waals surface area contributed by atoms with E-state index in [9.17, 15) is 19.1 Å². The van der Waals surface area contributed by atoms with Gasteiger partial charge in [-0.1, -0.05) is 0 Å². The molecule has 0 saturated heterocycles. The second-order valence-corrected chi connectivity index (χ2v) is 8.82. The van der Waals surface area contributed by atoms with Crippen molar-refractivity contribution < 1.29 is 23.8 Å². The van der Waals surface area contributed by atoms with Crippen LogP contribution in [-0.2, 0) is 4.79 Å². The number of aromatic carboxylic acids is 1. The molecule has 1 saturated carbocycles. The Kier molecular flexibility index (Phi) is 6.22. The summed E-state index contributed by atoms with van der Waals surface area (Å²) in [6, 6.07) is 4.35. The molecule has 2 aromatic heterocycles. The van der Waals surface area contributed by atoms with Gasteiger partial charge in [0, 0.05) is 19.0 Å². The van der Waals surface area contributed by atoms with Crippen molar-refractivity contribution >= 4 is 44.9 Å². The molecule has 1 fully saturated rings. The number of carbonyl (C=O) groups is 2. The van der Waals surface area contributed by atoms with E-state index >= 15 is 0 Å². The SMILES string of the molecule is CC(=O)N[C@H]1CC[C@H](Oc2cc(F)ccc2Nc2ncnc3sc(C(=O)O)c(C)c23)CC1. The molecule has 32 heavy (non-hydrogen) atoms. The summed E-state index contributed by atoms with van der Waals surface area (Å²) in [5.74, 6) is -0.701. The van der Waals surface area contributed by atoms with Crippen LogP contribution in [0.4, 0.5) is 15.9 Å². The Morgan fingerprint density at radius 3 is 2.66 bits per heavy atom. The predicted octanol–water partition coefficient (Wildman–Crippen LogP) is 4.41. The number of carboxylic acids is 1. The molecule has 10 heteroatoms. The molecule has 1 aromatic carbocycles. The third-order valence-corrected chi connectivity index (χ3v) is 6.68. The lowest BCUT2D eigenvalue weighted by Gasteiger charge is -2.30. The average molecular weight is 459 g/mol. The van der Waals surface area contributed by atoms with E-state index in [4.69, 9.17) is 4.74 Å². The topological polar surface area (TPSA) is 113 Å². The van der Waals surface area contributed by atoms with Crippen molar-refractivity contribution in [2.45, 2.75) is 51.7 Å². The van der Waals surface area contributed by atoms with Gasteiger partial charge in [-0.25, -0.2) is 19.2 Å². The zero-order valence-corrected chi connectivity index (χ0v) is 18.5. The van der Waals surface area contributed by atoms with E-state index in [0.717, 1.165) is 37.0 Å². The van der Waals surface area contributed by atoms with Gasteiger partial charge in [-0.05, 0) is 50.3 Å². The maximum Gasteiger partial charge on any atom is 0.346 e. The van der Waals surface area contributed by atoms with Gasteiger partial charge in [-0.2, -0.15) is 0 Å². The first-order chi connectivity index (χ1) is 15.3. The fourth-order valence-electron chi connectivity index (χ4n) is 3.99. The lowest BCUT2D eigenvalue weighted by atomic mass is 9.93. The zero-order valence-electron chi connectivity index (χ0n) is 17.6. The highest BCUT2D eigenvalue weighted by Crippen LogP contribution is 2.37. The lowest BCUT2D eigenvalue weighted by Crippen LogP contribution is -2.38. The van der Waals surface area contributed by atoms with E-state index in [1.165, 1.54) is 25.4 Å². The highest BCUT2D eigenvalue weighted by atomic mass is 32.1. The van der Waals surface area contributed by atoms with Crippen LogP contribution in [0, 0.1) is 12.7 Å². The molecular formula is C22H23FN4O4S. The van der Waals surface area contributed by atoms with Gasteiger partial charge in [0.2, 0.25) is 5.91 Å². The molecule has 3 N–H and O–H groups in total. The fourth-order valence-corrected chi connectivity index (χ4v) is 4.97. The van der Waals surface area contributed by atoms with E-state index < -0.39 is 11.8 Å².